The number of aryl methyl sites for hydroxylation is 1. The van der Waals surface area contributed by atoms with Crippen molar-refractivity contribution in [3.8, 4) is 17.3 Å². The molecule has 0 radical (unpaired) electrons. The topological polar surface area (TPSA) is 85.7 Å². The van der Waals surface area contributed by atoms with E-state index in [1.165, 1.54) is 0 Å². The fourth-order valence-electron chi connectivity index (χ4n) is 3.73. The zero-order valence-corrected chi connectivity index (χ0v) is 16.5. The molecule has 1 aliphatic heterocycles. The maximum absolute atomic E-state index is 12.5. The molecule has 0 spiro atoms. The number of hydrogen-bond donors (Lipinski definition) is 1. The number of pyridine rings is 1. The predicted molar refractivity (Wildman–Crippen MR) is 111 cm³/mol. The van der Waals surface area contributed by atoms with E-state index in [2.05, 4.69) is 27.9 Å². The summed E-state index contributed by atoms with van der Waals surface area (Å²) in [6.07, 6.45) is 2.54. The third-order valence-corrected chi connectivity index (χ3v) is 5.16. The number of nitrogens with one attached hydrogen (secondary N) is 1. The molecule has 0 atom stereocenters. The summed E-state index contributed by atoms with van der Waals surface area (Å²) in [5.41, 5.74) is 5.03. The first kappa shape index (κ1) is 19.0. The molecule has 3 heterocycles. The number of nitriles is 1. The van der Waals surface area contributed by atoms with Gasteiger partial charge in [0.2, 0.25) is 0 Å². The van der Waals surface area contributed by atoms with Crippen LogP contribution in [0.4, 0.5) is 0 Å². The molecule has 29 heavy (non-hydrogen) atoms. The molecule has 6 nitrogen and oxygen atoms in total. The minimum atomic E-state index is -0.0156. The summed E-state index contributed by atoms with van der Waals surface area (Å²) in [5, 5.41) is 9.12. The van der Waals surface area contributed by atoms with Crippen molar-refractivity contribution < 1.29 is 0 Å². The van der Waals surface area contributed by atoms with Gasteiger partial charge in [0.15, 0.2) is 0 Å². The Bertz CT molecular complexity index is 1130. The Kier molecular flexibility index (Phi) is 5.50. The summed E-state index contributed by atoms with van der Waals surface area (Å²) in [4.78, 5) is 27.1. The largest absolute Gasteiger partial charge is 0.310 e. The fraction of sp³-hybridized carbons (Fsp3) is 0.304. The van der Waals surface area contributed by atoms with Gasteiger partial charge in [0.1, 0.15) is 5.82 Å². The molecule has 4 rings (SSSR count). The molecule has 0 aliphatic carbocycles. The molecule has 3 aromatic rings. The van der Waals surface area contributed by atoms with Crippen LogP contribution < -0.4 is 5.56 Å². The Morgan fingerprint density at radius 1 is 1.21 bits per heavy atom. The van der Waals surface area contributed by atoms with Crippen LogP contribution in [-0.2, 0) is 25.9 Å². The predicted octanol–water partition coefficient (Wildman–Crippen LogP) is 3.21. The Labute approximate surface area is 169 Å². The molecule has 0 bridgehead atoms. The molecule has 0 saturated heterocycles. The normalized spacial score (nSPS) is 13.7. The molecule has 0 unspecified atom stereocenters. The highest BCUT2D eigenvalue weighted by Crippen LogP contribution is 2.20. The summed E-state index contributed by atoms with van der Waals surface area (Å²) in [5.74, 6) is 0.790. The van der Waals surface area contributed by atoms with Crippen molar-refractivity contribution in [2.24, 2.45) is 0 Å². The van der Waals surface area contributed by atoms with Crippen molar-refractivity contribution in [2.75, 3.05) is 6.54 Å². The van der Waals surface area contributed by atoms with Gasteiger partial charge in [-0.2, -0.15) is 5.26 Å². The van der Waals surface area contributed by atoms with Crippen molar-refractivity contribution in [1.82, 2.24) is 19.9 Å². The molecule has 1 aromatic carbocycles. The molecule has 0 fully saturated rings. The minimum Gasteiger partial charge on any atom is -0.310 e. The van der Waals surface area contributed by atoms with Gasteiger partial charge in [0.05, 0.1) is 34.3 Å². The van der Waals surface area contributed by atoms with Crippen LogP contribution >= 0.6 is 0 Å². The van der Waals surface area contributed by atoms with Crippen LogP contribution in [0.3, 0.4) is 0 Å². The van der Waals surface area contributed by atoms with Gasteiger partial charge in [-0.05, 0) is 30.7 Å². The van der Waals surface area contributed by atoms with Gasteiger partial charge < -0.3 is 4.98 Å². The van der Waals surface area contributed by atoms with Gasteiger partial charge in [-0.1, -0.05) is 25.1 Å². The molecule has 2 aromatic heterocycles. The zero-order valence-electron chi connectivity index (χ0n) is 16.5. The highest BCUT2D eigenvalue weighted by Gasteiger charge is 2.21. The van der Waals surface area contributed by atoms with E-state index in [1.54, 1.807) is 6.07 Å². The second-order valence-electron chi connectivity index (χ2n) is 7.36. The molecule has 0 amide bonds. The zero-order chi connectivity index (χ0) is 20.2. The summed E-state index contributed by atoms with van der Waals surface area (Å²) in [6, 6.07) is 15.6. The Balaban J connectivity index is 1.52. The Morgan fingerprint density at radius 3 is 2.90 bits per heavy atom. The van der Waals surface area contributed by atoms with Crippen LogP contribution in [0, 0.1) is 11.3 Å². The first-order valence-corrected chi connectivity index (χ1v) is 9.96. The van der Waals surface area contributed by atoms with Gasteiger partial charge in [0, 0.05) is 38.0 Å². The highest BCUT2D eigenvalue weighted by atomic mass is 16.1. The molecule has 0 saturated carbocycles. The second kappa shape index (κ2) is 8.38. The molecular formula is C23H23N5O. The van der Waals surface area contributed by atoms with E-state index >= 15 is 0 Å². The monoisotopic (exact) mass is 385 g/mol. The first-order chi connectivity index (χ1) is 14.2. The maximum Gasteiger partial charge on any atom is 0.255 e. The third-order valence-electron chi connectivity index (χ3n) is 5.16. The second-order valence-corrected chi connectivity index (χ2v) is 7.36. The van der Waals surface area contributed by atoms with E-state index in [4.69, 9.17) is 10.2 Å². The lowest BCUT2D eigenvalue weighted by molar-refractivity contribution is 0.238. The number of aromatic amines is 1. The third kappa shape index (κ3) is 4.25. The van der Waals surface area contributed by atoms with Crippen LogP contribution in [0.2, 0.25) is 0 Å². The van der Waals surface area contributed by atoms with Gasteiger partial charge in [-0.15, -0.1) is 0 Å². The first-order valence-electron chi connectivity index (χ1n) is 9.96. The van der Waals surface area contributed by atoms with Crippen LogP contribution in [0.15, 0.2) is 47.3 Å². The molecule has 146 valence electrons. The maximum atomic E-state index is 12.5. The van der Waals surface area contributed by atoms with E-state index < -0.39 is 0 Å². The SMILES string of the molecule is CCCc1nc2c(c(=O)[nH]1)CN(Cc1cccc(-c3cccc(C#N)c3)n1)CC2. The van der Waals surface area contributed by atoms with Crippen molar-refractivity contribution in [3.63, 3.8) is 0 Å². The minimum absolute atomic E-state index is 0.0156. The van der Waals surface area contributed by atoms with Crippen LogP contribution in [0.5, 0.6) is 0 Å². The van der Waals surface area contributed by atoms with Crippen LogP contribution in [-0.4, -0.2) is 26.4 Å². The van der Waals surface area contributed by atoms with Crippen molar-refractivity contribution in [1.29, 1.82) is 5.26 Å². The molecular weight excluding hydrogens is 362 g/mol. The lowest BCUT2D eigenvalue weighted by atomic mass is 10.1. The number of nitrogens with zero attached hydrogens (tertiary/aromatic N) is 4. The number of hydrogen-bond acceptors (Lipinski definition) is 5. The summed E-state index contributed by atoms with van der Waals surface area (Å²) in [7, 11) is 0. The number of benzene rings is 1. The average Bonchev–Trinajstić information content (AvgIpc) is 2.75. The quantitative estimate of drug-likeness (QED) is 0.729. The van der Waals surface area contributed by atoms with Crippen molar-refractivity contribution in [3.05, 3.63) is 81.2 Å². The smallest absolute Gasteiger partial charge is 0.255 e. The van der Waals surface area contributed by atoms with E-state index in [9.17, 15) is 4.79 Å². The van der Waals surface area contributed by atoms with Gasteiger partial charge in [0.25, 0.3) is 5.56 Å². The lowest BCUT2D eigenvalue weighted by Crippen LogP contribution is -2.36. The summed E-state index contributed by atoms with van der Waals surface area (Å²) in [6.45, 7) is 4.19. The highest BCUT2D eigenvalue weighted by molar-refractivity contribution is 5.61. The van der Waals surface area contributed by atoms with Crippen LogP contribution in [0.1, 0.15) is 41.7 Å². The van der Waals surface area contributed by atoms with Gasteiger partial charge >= 0.3 is 0 Å². The summed E-state index contributed by atoms with van der Waals surface area (Å²) >= 11 is 0. The van der Waals surface area contributed by atoms with E-state index in [0.717, 1.165) is 59.8 Å². The van der Waals surface area contributed by atoms with Gasteiger partial charge in [-0.3, -0.25) is 14.7 Å². The fourth-order valence-corrected chi connectivity index (χ4v) is 3.73. The average molecular weight is 385 g/mol. The molecule has 6 heteroatoms. The van der Waals surface area contributed by atoms with Crippen molar-refractivity contribution >= 4 is 0 Å². The number of H-pyrrole nitrogens is 1. The Hall–Kier alpha value is -3.30. The molecule has 1 N–H and O–H groups in total. The van der Waals surface area contributed by atoms with E-state index in [0.29, 0.717) is 18.7 Å². The lowest BCUT2D eigenvalue weighted by Gasteiger charge is -2.27. The number of rotatable bonds is 5. The Morgan fingerprint density at radius 2 is 2.07 bits per heavy atom. The van der Waals surface area contributed by atoms with E-state index in [-0.39, 0.29) is 5.56 Å². The standard InChI is InChI=1S/C23H23N5O/c1-2-5-22-26-21-10-11-28(15-19(21)23(29)27-22)14-18-8-4-9-20(25-18)17-7-3-6-16(12-17)13-24/h3-4,6-9,12H,2,5,10-11,14-15H2,1H3,(H,26,27,29). The number of fused-ring (bicyclic) bond motifs is 1. The van der Waals surface area contributed by atoms with Crippen molar-refractivity contribution in [2.45, 2.75) is 39.3 Å². The van der Waals surface area contributed by atoms with E-state index in [1.807, 2.05) is 36.4 Å². The van der Waals surface area contributed by atoms with Crippen LogP contribution in [0.25, 0.3) is 11.3 Å². The van der Waals surface area contributed by atoms with Gasteiger partial charge in [-0.25, -0.2) is 4.98 Å². The molecule has 1 aliphatic rings. The summed E-state index contributed by atoms with van der Waals surface area (Å²) < 4.78 is 0. The number of aromatic nitrogens is 3.